The van der Waals surface area contributed by atoms with E-state index in [2.05, 4.69) is 16.7 Å². The normalized spacial score (nSPS) is 13.5. The Labute approximate surface area is 208 Å². The molecule has 0 saturated heterocycles. The number of primary amides is 1. The topological polar surface area (TPSA) is 131 Å². The van der Waals surface area contributed by atoms with E-state index in [0.29, 0.717) is 5.56 Å². The maximum Gasteiger partial charge on any atom is 0.408 e. The summed E-state index contributed by atoms with van der Waals surface area (Å²) < 4.78 is 5.21. The quantitative estimate of drug-likeness (QED) is 0.346. The number of rotatable bonds is 10. The van der Waals surface area contributed by atoms with Gasteiger partial charge in [0, 0.05) is 12.1 Å². The molecule has 1 aromatic carbocycles. The largest absolute Gasteiger partial charge is 0.444 e. The Hall–Kier alpha value is -3.54. The lowest BCUT2D eigenvalue weighted by Crippen LogP contribution is -2.53. The van der Waals surface area contributed by atoms with Crippen LogP contribution in [0.15, 0.2) is 18.2 Å². The summed E-state index contributed by atoms with van der Waals surface area (Å²) in [6, 6.07) is 4.84. The highest BCUT2D eigenvalue weighted by molar-refractivity contribution is 5.95. The summed E-state index contributed by atoms with van der Waals surface area (Å²) >= 11 is 0. The third-order valence-electron chi connectivity index (χ3n) is 5.23. The molecule has 1 aromatic rings. The molecule has 0 radical (unpaired) electrons. The van der Waals surface area contributed by atoms with Crippen LogP contribution in [0.1, 0.15) is 76.6 Å². The molecule has 9 nitrogen and oxygen atoms in total. The molecule has 0 saturated carbocycles. The van der Waals surface area contributed by atoms with Crippen LogP contribution in [0.25, 0.3) is 0 Å². The van der Waals surface area contributed by atoms with Crippen molar-refractivity contribution in [2.75, 3.05) is 0 Å². The number of nitrogens with one attached hydrogen (secondary N) is 2. The lowest BCUT2D eigenvalue weighted by atomic mass is 9.98. The maximum atomic E-state index is 13.5. The lowest BCUT2D eigenvalue weighted by Gasteiger charge is -2.31. The van der Waals surface area contributed by atoms with Crippen molar-refractivity contribution in [2.45, 2.75) is 91.5 Å². The average Bonchev–Trinajstić information content (AvgIpc) is 2.71. The first kappa shape index (κ1) is 29.5. The second-order valence-electron chi connectivity index (χ2n) is 9.65. The van der Waals surface area contributed by atoms with Gasteiger partial charge in [-0.25, -0.2) is 4.79 Å². The number of nitrogens with zero attached hydrogens (tertiary/aromatic N) is 1. The number of hydrogen-bond donors (Lipinski definition) is 3. The van der Waals surface area contributed by atoms with Gasteiger partial charge < -0.3 is 21.1 Å². The van der Waals surface area contributed by atoms with Gasteiger partial charge in [-0.3, -0.25) is 19.3 Å². The number of carbonyl (C=O) groups excluding carboxylic acids is 4. The highest BCUT2D eigenvalue weighted by Crippen LogP contribution is 2.25. The summed E-state index contributed by atoms with van der Waals surface area (Å²) in [5.41, 5.74) is 6.89. The van der Waals surface area contributed by atoms with Crippen LogP contribution in [0, 0.1) is 26.3 Å². The summed E-state index contributed by atoms with van der Waals surface area (Å²) in [5, 5.41) is 5.27. The molecular weight excluding hydrogens is 448 g/mol. The van der Waals surface area contributed by atoms with E-state index in [1.807, 2.05) is 33.8 Å². The van der Waals surface area contributed by atoms with Gasteiger partial charge in [-0.15, -0.1) is 0 Å². The van der Waals surface area contributed by atoms with Crippen LogP contribution >= 0.6 is 0 Å². The van der Waals surface area contributed by atoms with Crippen molar-refractivity contribution in [2.24, 2.45) is 5.73 Å². The van der Waals surface area contributed by atoms with E-state index in [1.165, 1.54) is 0 Å². The van der Waals surface area contributed by atoms with Gasteiger partial charge in [0.15, 0.2) is 0 Å². The zero-order valence-corrected chi connectivity index (χ0v) is 21.7. The number of aryl methyl sites for hydroxylation is 2. The van der Waals surface area contributed by atoms with Crippen LogP contribution in [-0.4, -0.2) is 46.4 Å². The van der Waals surface area contributed by atoms with Crippen LogP contribution in [0.4, 0.5) is 4.79 Å². The van der Waals surface area contributed by atoms with E-state index in [9.17, 15) is 19.2 Å². The maximum absolute atomic E-state index is 13.5. The van der Waals surface area contributed by atoms with E-state index < -0.39 is 47.9 Å². The van der Waals surface area contributed by atoms with Crippen molar-refractivity contribution < 1.29 is 23.9 Å². The van der Waals surface area contributed by atoms with E-state index in [-0.39, 0.29) is 6.04 Å². The van der Waals surface area contributed by atoms with Gasteiger partial charge in [0.2, 0.25) is 11.8 Å². The number of nitrogens with two attached hydrogens (primary N) is 1. The van der Waals surface area contributed by atoms with E-state index in [4.69, 9.17) is 16.9 Å². The van der Waals surface area contributed by atoms with Crippen molar-refractivity contribution in [1.29, 1.82) is 0 Å². The number of benzene rings is 1. The Bertz CT molecular complexity index is 977. The number of terminal acetylenes is 1. The molecule has 1 rings (SSSR count). The number of amides is 4. The zero-order valence-electron chi connectivity index (χ0n) is 21.7. The molecule has 4 amide bonds. The van der Waals surface area contributed by atoms with Crippen molar-refractivity contribution >= 4 is 23.8 Å². The standard InChI is InChI=1S/C26H38N4O5/c1-9-11-18(5)28-23(32)22(19-13-12-16(3)17(4)14-19)30(10-2)24(33)20(15-21(27)31)29-25(34)35-26(6,7)8/h2,12-14,18,20,22H,9,11,15H2,1,3-8H3,(H2,27,31)(H,28,32)(H,29,34). The van der Waals surface area contributed by atoms with E-state index >= 15 is 0 Å². The molecule has 4 N–H and O–H groups in total. The zero-order chi connectivity index (χ0) is 26.9. The Morgan fingerprint density at radius 1 is 1.14 bits per heavy atom. The summed E-state index contributed by atoms with van der Waals surface area (Å²) in [5.74, 6) is -2.14. The molecule has 0 fully saturated rings. The molecule has 0 aromatic heterocycles. The summed E-state index contributed by atoms with van der Waals surface area (Å²) in [7, 11) is 0. The Balaban J connectivity index is 3.44. The van der Waals surface area contributed by atoms with Gasteiger partial charge in [0.05, 0.1) is 6.42 Å². The first-order chi connectivity index (χ1) is 16.2. The molecule has 0 spiro atoms. The minimum absolute atomic E-state index is 0.155. The van der Waals surface area contributed by atoms with Crippen molar-refractivity contribution in [3.63, 3.8) is 0 Å². The molecule has 3 atom stereocenters. The summed E-state index contributed by atoms with van der Waals surface area (Å²) in [4.78, 5) is 51.8. The number of carbonyl (C=O) groups is 4. The number of alkyl carbamates (subject to hydrolysis) is 1. The van der Waals surface area contributed by atoms with Crippen LogP contribution in [0.3, 0.4) is 0 Å². The van der Waals surface area contributed by atoms with Gasteiger partial charge in [-0.2, -0.15) is 0 Å². The molecule has 0 aliphatic rings. The number of hydrogen-bond acceptors (Lipinski definition) is 5. The average molecular weight is 487 g/mol. The fourth-order valence-electron chi connectivity index (χ4n) is 3.46. The first-order valence-corrected chi connectivity index (χ1v) is 11.6. The van der Waals surface area contributed by atoms with Gasteiger partial charge in [-0.05, 0) is 64.7 Å². The molecule has 0 heterocycles. The Kier molecular flexibility index (Phi) is 10.8. The lowest BCUT2D eigenvalue weighted by molar-refractivity contribution is -0.139. The molecule has 9 heteroatoms. The fourth-order valence-corrected chi connectivity index (χ4v) is 3.46. The van der Waals surface area contributed by atoms with Crippen LogP contribution in [-0.2, 0) is 19.1 Å². The fraction of sp³-hybridized carbons (Fsp3) is 0.538. The SMILES string of the molecule is C#CN(C(=O)C(CC(N)=O)NC(=O)OC(C)(C)C)C(C(=O)NC(C)CCC)c1ccc(C)c(C)c1. The van der Waals surface area contributed by atoms with Crippen LogP contribution in [0.5, 0.6) is 0 Å². The highest BCUT2D eigenvalue weighted by atomic mass is 16.6. The van der Waals surface area contributed by atoms with Gasteiger partial charge in [-0.1, -0.05) is 38.0 Å². The molecule has 0 aliphatic heterocycles. The van der Waals surface area contributed by atoms with Crippen molar-refractivity contribution in [1.82, 2.24) is 15.5 Å². The predicted octanol–water partition coefficient (Wildman–Crippen LogP) is 2.84. The molecule has 35 heavy (non-hydrogen) atoms. The van der Waals surface area contributed by atoms with Gasteiger partial charge in [0.1, 0.15) is 17.7 Å². The molecule has 192 valence electrons. The Morgan fingerprint density at radius 2 is 1.77 bits per heavy atom. The second kappa shape index (κ2) is 12.8. The van der Waals surface area contributed by atoms with Gasteiger partial charge in [0.25, 0.3) is 5.91 Å². The predicted molar refractivity (Wildman–Crippen MR) is 134 cm³/mol. The second-order valence-corrected chi connectivity index (χ2v) is 9.65. The summed E-state index contributed by atoms with van der Waals surface area (Å²) in [6.45, 7) is 12.6. The first-order valence-electron chi connectivity index (χ1n) is 11.6. The monoisotopic (exact) mass is 486 g/mol. The van der Waals surface area contributed by atoms with E-state index in [1.54, 1.807) is 32.9 Å². The van der Waals surface area contributed by atoms with Crippen molar-refractivity contribution in [3.05, 3.63) is 34.9 Å². The number of ether oxygens (including phenoxy) is 1. The van der Waals surface area contributed by atoms with Crippen LogP contribution in [0.2, 0.25) is 0 Å². The van der Waals surface area contributed by atoms with Crippen LogP contribution < -0.4 is 16.4 Å². The molecule has 0 bridgehead atoms. The molecule has 0 aliphatic carbocycles. The third kappa shape index (κ3) is 9.32. The van der Waals surface area contributed by atoms with Gasteiger partial charge >= 0.3 is 6.09 Å². The minimum atomic E-state index is -1.42. The smallest absolute Gasteiger partial charge is 0.408 e. The molecule has 3 unspecified atom stereocenters. The van der Waals surface area contributed by atoms with E-state index in [0.717, 1.165) is 28.9 Å². The highest BCUT2D eigenvalue weighted by Gasteiger charge is 2.37. The Morgan fingerprint density at radius 3 is 2.26 bits per heavy atom. The minimum Gasteiger partial charge on any atom is -0.444 e. The third-order valence-corrected chi connectivity index (χ3v) is 5.23. The van der Waals surface area contributed by atoms with Crippen molar-refractivity contribution in [3.8, 4) is 12.5 Å². The molecular formula is C26H38N4O5. The summed E-state index contributed by atoms with van der Waals surface area (Å²) in [6.07, 6.45) is 5.87.